The van der Waals surface area contributed by atoms with Gasteiger partial charge in [0.2, 0.25) is 15.8 Å². The molecular formula is C14H13N3O3S2. The van der Waals surface area contributed by atoms with Gasteiger partial charge in [-0.25, -0.2) is 8.42 Å². The molecule has 0 aliphatic heterocycles. The number of sulfonamides is 1. The zero-order valence-electron chi connectivity index (χ0n) is 11.9. The van der Waals surface area contributed by atoms with Crippen molar-refractivity contribution in [2.45, 2.75) is 6.92 Å². The molecule has 0 amide bonds. The topological polar surface area (TPSA) is 85.1 Å². The summed E-state index contributed by atoms with van der Waals surface area (Å²) < 4.78 is 30.0. The predicted molar refractivity (Wildman–Crippen MR) is 86.3 cm³/mol. The number of anilines is 1. The van der Waals surface area contributed by atoms with E-state index >= 15 is 0 Å². The largest absolute Gasteiger partial charge is 0.333 e. The second-order valence-electron chi connectivity index (χ2n) is 4.79. The molecule has 0 atom stereocenters. The van der Waals surface area contributed by atoms with Gasteiger partial charge in [-0.2, -0.15) is 4.98 Å². The number of benzene rings is 1. The molecule has 0 spiro atoms. The Bertz CT molecular complexity index is 896. The predicted octanol–water partition coefficient (Wildman–Crippen LogP) is 3.15. The van der Waals surface area contributed by atoms with Crippen molar-refractivity contribution in [2.75, 3.05) is 11.0 Å². The summed E-state index contributed by atoms with van der Waals surface area (Å²) >= 11 is 1.59. The van der Waals surface area contributed by atoms with Crippen molar-refractivity contribution < 1.29 is 12.9 Å². The molecule has 0 aliphatic carbocycles. The average molecular weight is 335 g/mol. The number of nitrogens with zero attached hydrogens (tertiary/aromatic N) is 2. The fourth-order valence-electron chi connectivity index (χ4n) is 1.89. The van der Waals surface area contributed by atoms with E-state index in [-0.39, 0.29) is 0 Å². The van der Waals surface area contributed by atoms with Gasteiger partial charge in [0.05, 0.1) is 11.1 Å². The van der Waals surface area contributed by atoms with Crippen molar-refractivity contribution in [3.8, 4) is 22.2 Å². The SMILES string of the molecule is Cc1ccc(-c2nc(-c3ccc(NS(C)(=O)=O)cc3)no2)s1. The molecule has 2 aromatic heterocycles. The minimum atomic E-state index is -3.28. The zero-order valence-corrected chi connectivity index (χ0v) is 13.5. The Morgan fingerprint density at radius 3 is 2.45 bits per heavy atom. The molecule has 0 aliphatic rings. The van der Waals surface area contributed by atoms with Crippen molar-refractivity contribution >= 4 is 27.0 Å². The standard InChI is InChI=1S/C14H13N3O3S2/c1-9-3-8-12(21-9)14-15-13(16-20-14)10-4-6-11(7-5-10)17-22(2,18)19/h3-8,17H,1-2H3. The Morgan fingerprint density at radius 2 is 1.86 bits per heavy atom. The lowest BCUT2D eigenvalue weighted by molar-refractivity contribution is 0.433. The second kappa shape index (κ2) is 5.54. The van der Waals surface area contributed by atoms with Gasteiger partial charge in [-0.05, 0) is 43.3 Å². The van der Waals surface area contributed by atoms with Crippen LogP contribution in [0.25, 0.3) is 22.2 Å². The number of thiophene rings is 1. The number of aromatic nitrogens is 2. The molecule has 0 saturated carbocycles. The van der Waals surface area contributed by atoms with Crippen LogP contribution in [-0.2, 0) is 10.0 Å². The van der Waals surface area contributed by atoms with Crippen molar-refractivity contribution in [3.63, 3.8) is 0 Å². The van der Waals surface area contributed by atoms with Crippen LogP contribution in [0.15, 0.2) is 40.9 Å². The summed E-state index contributed by atoms with van der Waals surface area (Å²) in [6, 6.07) is 10.7. The van der Waals surface area contributed by atoms with Gasteiger partial charge >= 0.3 is 0 Å². The van der Waals surface area contributed by atoms with Gasteiger partial charge in [-0.1, -0.05) is 5.16 Å². The molecule has 0 unspecified atom stereocenters. The maximum absolute atomic E-state index is 11.2. The average Bonchev–Trinajstić information content (AvgIpc) is 3.06. The van der Waals surface area contributed by atoms with Gasteiger partial charge in [0, 0.05) is 16.1 Å². The Morgan fingerprint density at radius 1 is 1.14 bits per heavy atom. The van der Waals surface area contributed by atoms with E-state index in [1.165, 1.54) is 4.88 Å². The van der Waals surface area contributed by atoms with Crippen LogP contribution in [0.1, 0.15) is 4.88 Å². The molecule has 0 radical (unpaired) electrons. The molecule has 114 valence electrons. The van der Waals surface area contributed by atoms with Gasteiger partial charge in [-0.3, -0.25) is 4.72 Å². The summed E-state index contributed by atoms with van der Waals surface area (Å²) in [6.07, 6.45) is 1.11. The maximum atomic E-state index is 11.2. The van der Waals surface area contributed by atoms with Gasteiger partial charge in [-0.15, -0.1) is 11.3 Å². The number of hydrogen-bond acceptors (Lipinski definition) is 6. The van der Waals surface area contributed by atoms with Crippen molar-refractivity contribution in [1.29, 1.82) is 0 Å². The quantitative estimate of drug-likeness (QED) is 0.791. The first kappa shape index (κ1) is 14.7. The van der Waals surface area contributed by atoms with Crippen LogP contribution < -0.4 is 4.72 Å². The van der Waals surface area contributed by atoms with Crippen LogP contribution in [0, 0.1) is 6.92 Å². The summed E-state index contributed by atoms with van der Waals surface area (Å²) in [5.74, 6) is 0.943. The monoisotopic (exact) mass is 335 g/mol. The van der Waals surface area contributed by atoms with Crippen LogP contribution in [0.4, 0.5) is 5.69 Å². The zero-order chi connectivity index (χ0) is 15.7. The van der Waals surface area contributed by atoms with Crippen LogP contribution in [-0.4, -0.2) is 24.8 Å². The Labute approximate surface area is 131 Å². The third kappa shape index (κ3) is 3.34. The maximum Gasteiger partial charge on any atom is 0.268 e. The van der Waals surface area contributed by atoms with E-state index in [1.54, 1.807) is 35.6 Å². The minimum Gasteiger partial charge on any atom is -0.333 e. The van der Waals surface area contributed by atoms with E-state index in [2.05, 4.69) is 14.9 Å². The fourth-order valence-corrected chi connectivity index (χ4v) is 3.25. The number of nitrogens with one attached hydrogen (secondary N) is 1. The number of rotatable bonds is 4. The Kier molecular flexibility index (Phi) is 3.71. The number of hydrogen-bond donors (Lipinski definition) is 1. The minimum absolute atomic E-state index is 0.465. The normalized spacial score (nSPS) is 11.5. The molecule has 0 fully saturated rings. The Balaban J connectivity index is 1.84. The molecule has 0 saturated heterocycles. The molecule has 2 heterocycles. The van der Waals surface area contributed by atoms with Crippen LogP contribution in [0.3, 0.4) is 0 Å². The van der Waals surface area contributed by atoms with E-state index in [0.717, 1.165) is 16.7 Å². The molecule has 8 heteroatoms. The first-order valence-corrected chi connectivity index (χ1v) is 9.10. The van der Waals surface area contributed by atoms with Crippen LogP contribution in [0.5, 0.6) is 0 Å². The van der Waals surface area contributed by atoms with E-state index in [0.29, 0.717) is 17.4 Å². The third-order valence-corrected chi connectivity index (χ3v) is 4.42. The van der Waals surface area contributed by atoms with Gasteiger partial charge in [0.25, 0.3) is 5.89 Å². The third-order valence-electron chi connectivity index (χ3n) is 2.82. The summed E-state index contributed by atoms with van der Waals surface area (Å²) in [4.78, 5) is 6.46. The highest BCUT2D eigenvalue weighted by atomic mass is 32.2. The lowest BCUT2D eigenvalue weighted by Crippen LogP contribution is -2.09. The molecular weight excluding hydrogens is 322 g/mol. The highest BCUT2D eigenvalue weighted by Gasteiger charge is 2.12. The molecule has 0 bridgehead atoms. The number of aryl methyl sites for hydroxylation is 1. The summed E-state index contributed by atoms with van der Waals surface area (Å²) in [6.45, 7) is 2.01. The summed E-state index contributed by atoms with van der Waals surface area (Å²) in [5, 5.41) is 3.96. The molecule has 22 heavy (non-hydrogen) atoms. The van der Waals surface area contributed by atoms with Crippen molar-refractivity contribution in [1.82, 2.24) is 10.1 Å². The van der Waals surface area contributed by atoms with E-state index in [1.807, 2.05) is 19.1 Å². The van der Waals surface area contributed by atoms with Gasteiger partial charge in [0.15, 0.2) is 0 Å². The first-order chi connectivity index (χ1) is 10.4. The van der Waals surface area contributed by atoms with Crippen LogP contribution >= 0.6 is 11.3 Å². The van der Waals surface area contributed by atoms with Crippen LogP contribution in [0.2, 0.25) is 0 Å². The van der Waals surface area contributed by atoms with Gasteiger partial charge < -0.3 is 4.52 Å². The summed E-state index contributed by atoms with van der Waals surface area (Å²) in [5.41, 5.74) is 1.24. The van der Waals surface area contributed by atoms with E-state index in [9.17, 15) is 8.42 Å². The smallest absolute Gasteiger partial charge is 0.268 e. The molecule has 6 nitrogen and oxygen atoms in total. The Hall–Kier alpha value is -2.19. The molecule has 3 rings (SSSR count). The molecule has 3 aromatic rings. The lowest BCUT2D eigenvalue weighted by atomic mass is 10.2. The van der Waals surface area contributed by atoms with Crippen molar-refractivity contribution in [2.24, 2.45) is 0 Å². The van der Waals surface area contributed by atoms with Crippen molar-refractivity contribution in [3.05, 3.63) is 41.3 Å². The highest BCUT2D eigenvalue weighted by molar-refractivity contribution is 7.92. The molecule has 1 N–H and O–H groups in total. The fraction of sp³-hybridized carbons (Fsp3) is 0.143. The van der Waals surface area contributed by atoms with Gasteiger partial charge in [0.1, 0.15) is 0 Å². The molecule has 1 aromatic carbocycles. The second-order valence-corrected chi connectivity index (χ2v) is 7.82. The first-order valence-electron chi connectivity index (χ1n) is 6.39. The van der Waals surface area contributed by atoms with E-state index in [4.69, 9.17) is 4.52 Å². The lowest BCUT2D eigenvalue weighted by Gasteiger charge is -2.03. The highest BCUT2D eigenvalue weighted by Crippen LogP contribution is 2.28. The van der Waals surface area contributed by atoms with E-state index < -0.39 is 10.0 Å². The summed E-state index contributed by atoms with van der Waals surface area (Å²) in [7, 11) is -3.28.